The lowest BCUT2D eigenvalue weighted by Crippen LogP contribution is -2.33. The lowest BCUT2D eigenvalue weighted by molar-refractivity contribution is -0.133. The lowest BCUT2D eigenvalue weighted by atomic mass is 10.0. The molecule has 3 fully saturated rings. The summed E-state index contributed by atoms with van der Waals surface area (Å²) < 4.78 is 32.8. The molecule has 3 amide bonds. The van der Waals surface area contributed by atoms with Crippen molar-refractivity contribution >= 4 is 105 Å². The Morgan fingerprint density at radius 3 is 0.828 bits per heavy atom. The molecule has 3 aliphatic rings. The summed E-state index contributed by atoms with van der Waals surface area (Å²) in [7, 11) is 0. The standard InChI is InChI=1S/3C21H22Cl2N2O4/c3*22-16-2-5-18(6-3-16)28-13-17(26)4-1-15-9-10-25(12-15)21(27)14-29-19-7-8-20(23)24-11-19/h3*2-3,5-8,11,15H,1,4,9-10,12-14H2. The molecule has 0 spiro atoms. The van der Waals surface area contributed by atoms with E-state index in [0.29, 0.717) is 141 Å². The van der Waals surface area contributed by atoms with Gasteiger partial charge in [0.2, 0.25) is 0 Å². The number of amides is 3. The van der Waals surface area contributed by atoms with Gasteiger partial charge in [0.25, 0.3) is 17.7 Å². The molecule has 24 heteroatoms. The smallest absolute Gasteiger partial charge is 0.260 e. The molecule has 3 unspecified atom stereocenters. The molecule has 87 heavy (non-hydrogen) atoms. The lowest BCUT2D eigenvalue weighted by Gasteiger charge is -2.17. The maximum Gasteiger partial charge on any atom is 0.260 e. The molecule has 462 valence electrons. The Morgan fingerprint density at radius 1 is 0.345 bits per heavy atom. The molecule has 0 N–H and O–H groups in total. The highest BCUT2D eigenvalue weighted by Crippen LogP contribution is 2.26. The monoisotopic (exact) mass is 1310 g/mol. The second-order valence-electron chi connectivity index (χ2n) is 20.8. The number of benzene rings is 3. The predicted octanol–water partition coefficient (Wildman–Crippen LogP) is 12.1. The van der Waals surface area contributed by atoms with Crippen LogP contribution < -0.4 is 28.4 Å². The number of nitrogens with zero attached hydrogens (tertiary/aromatic N) is 6. The van der Waals surface area contributed by atoms with Gasteiger partial charge >= 0.3 is 0 Å². The Kier molecular flexibility index (Phi) is 27.8. The fourth-order valence-corrected chi connectivity index (χ4v) is 10.0. The molecule has 0 radical (unpaired) electrons. The van der Waals surface area contributed by atoms with Crippen LogP contribution in [0, 0.1) is 17.8 Å². The van der Waals surface area contributed by atoms with E-state index in [2.05, 4.69) is 15.0 Å². The van der Waals surface area contributed by atoms with E-state index in [1.165, 1.54) is 18.6 Å². The minimum Gasteiger partial charge on any atom is -0.486 e. The molecular weight excluding hydrogens is 1250 g/mol. The molecule has 3 saturated heterocycles. The third kappa shape index (κ3) is 25.0. The van der Waals surface area contributed by atoms with E-state index in [9.17, 15) is 28.8 Å². The fraction of sp³-hybridized carbons (Fsp3) is 0.381. The zero-order valence-corrected chi connectivity index (χ0v) is 52.1. The van der Waals surface area contributed by atoms with Gasteiger partial charge in [-0.15, -0.1) is 0 Å². The van der Waals surface area contributed by atoms with Crippen molar-refractivity contribution in [3.63, 3.8) is 0 Å². The molecule has 6 aromatic rings. The van der Waals surface area contributed by atoms with Crippen molar-refractivity contribution < 1.29 is 57.2 Å². The third-order valence-corrected chi connectivity index (χ3v) is 15.7. The largest absolute Gasteiger partial charge is 0.486 e. The van der Waals surface area contributed by atoms with Gasteiger partial charge in [0.05, 0.1) is 18.6 Å². The fourth-order valence-electron chi connectivity index (χ4n) is 9.33. The first-order valence-electron chi connectivity index (χ1n) is 28.2. The van der Waals surface area contributed by atoms with Crippen LogP contribution in [0.15, 0.2) is 128 Å². The molecular formula is C63H66Cl6N6O12. The number of ketones is 3. The first-order valence-corrected chi connectivity index (χ1v) is 30.5. The van der Waals surface area contributed by atoms with Crippen molar-refractivity contribution in [3.8, 4) is 34.5 Å². The number of rotatable bonds is 27. The van der Waals surface area contributed by atoms with E-state index >= 15 is 0 Å². The molecule has 3 atom stereocenters. The molecule has 0 bridgehead atoms. The van der Waals surface area contributed by atoms with Crippen LogP contribution in [0.2, 0.25) is 30.5 Å². The Bertz CT molecular complexity index is 2820. The number of ether oxygens (including phenoxy) is 6. The number of likely N-dealkylation sites (tertiary alicyclic amines) is 3. The van der Waals surface area contributed by atoms with Crippen LogP contribution in [0.4, 0.5) is 0 Å². The quantitative estimate of drug-likeness (QED) is 0.0440. The number of aromatic nitrogens is 3. The van der Waals surface area contributed by atoms with E-state index < -0.39 is 0 Å². The highest BCUT2D eigenvalue weighted by molar-refractivity contribution is 6.31. The summed E-state index contributed by atoms with van der Waals surface area (Å²) in [5.41, 5.74) is 0. The first kappa shape index (κ1) is 67.6. The van der Waals surface area contributed by atoms with Gasteiger partial charge in [-0.3, -0.25) is 28.8 Å². The average molecular weight is 1310 g/mol. The Balaban J connectivity index is 0.000000186. The zero-order valence-electron chi connectivity index (χ0n) is 47.6. The van der Waals surface area contributed by atoms with Crippen LogP contribution in [0.3, 0.4) is 0 Å². The molecule has 3 aliphatic heterocycles. The highest BCUT2D eigenvalue weighted by atomic mass is 35.5. The second-order valence-corrected chi connectivity index (χ2v) is 23.2. The van der Waals surface area contributed by atoms with Gasteiger partial charge in [-0.25, -0.2) is 15.0 Å². The maximum absolute atomic E-state index is 12.3. The number of hydrogen-bond donors (Lipinski definition) is 0. The predicted molar refractivity (Wildman–Crippen MR) is 332 cm³/mol. The summed E-state index contributed by atoms with van der Waals surface area (Å²) in [6.07, 6.45) is 10.7. The topological polar surface area (TPSA) is 206 Å². The van der Waals surface area contributed by atoms with Crippen LogP contribution in [0.25, 0.3) is 0 Å². The first-order chi connectivity index (χ1) is 42.0. The van der Waals surface area contributed by atoms with Gasteiger partial charge in [-0.2, -0.15) is 0 Å². The van der Waals surface area contributed by atoms with Gasteiger partial charge in [0.15, 0.2) is 37.2 Å². The van der Waals surface area contributed by atoms with E-state index in [4.69, 9.17) is 98.0 Å². The van der Waals surface area contributed by atoms with Crippen molar-refractivity contribution in [2.24, 2.45) is 17.8 Å². The molecule has 0 saturated carbocycles. The van der Waals surface area contributed by atoms with Gasteiger partial charge in [-0.05, 0) is 165 Å². The number of halogens is 6. The zero-order chi connectivity index (χ0) is 61.9. The highest BCUT2D eigenvalue weighted by Gasteiger charge is 2.29. The van der Waals surface area contributed by atoms with E-state index in [1.54, 1.807) is 124 Å². The number of hydrogen-bond acceptors (Lipinski definition) is 15. The van der Waals surface area contributed by atoms with Crippen LogP contribution in [-0.4, -0.2) is 144 Å². The number of carbonyl (C=O) groups excluding carboxylic acids is 6. The number of pyridine rings is 3. The van der Waals surface area contributed by atoms with E-state index in [0.717, 1.165) is 38.5 Å². The van der Waals surface area contributed by atoms with Crippen LogP contribution in [0.1, 0.15) is 57.8 Å². The minimum atomic E-state index is -0.0696. The van der Waals surface area contributed by atoms with Crippen LogP contribution >= 0.6 is 69.6 Å². The van der Waals surface area contributed by atoms with Gasteiger partial charge in [0.1, 0.15) is 69.8 Å². The summed E-state index contributed by atoms with van der Waals surface area (Å²) in [5.74, 6) is 4.25. The second kappa shape index (κ2) is 35.8. The van der Waals surface area contributed by atoms with Crippen molar-refractivity contribution in [2.75, 3.05) is 78.9 Å². The number of carbonyl (C=O) groups is 6. The van der Waals surface area contributed by atoms with E-state index in [1.807, 2.05) is 0 Å². The van der Waals surface area contributed by atoms with E-state index in [-0.39, 0.29) is 74.7 Å². The summed E-state index contributed by atoms with van der Waals surface area (Å²) in [6.45, 7) is 3.99. The minimum absolute atomic E-state index is 0.0378. The van der Waals surface area contributed by atoms with Crippen LogP contribution in [-0.2, 0) is 28.8 Å². The average Bonchev–Trinajstić information content (AvgIpc) is 4.44. The molecule has 6 heterocycles. The maximum atomic E-state index is 12.3. The number of Topliss-reactive ketones (excluding diaryl/α,β-unsaturated/α-hetero) is 3. The molecule has 3 aromatic carbocycles. The molecule has 18 nitrogen and oxygen atoms in total. The molecule has 0 aliphatic carbocycles. The Labute approximate surface area is 535 Å². The van der Waals surface area contributed by atoms with Crippen molar-refractivity contribution in [2.45, 2.75) is 57.8 Å². The third-order valence-electron chi connectivity index (χ3n) is 14.2. The van der Waals surface area contributed by atoms with Crippen molar-refractivity contribution in [3.05, 3.63) is 158 Å². The summed E-state index contributed by atoms with van der Waals surface area (Å²) in [5, 5.41) is 3.00. The SMILES string of the molecule is O=C(CCC1CCN(C(=O)COc2ccc(Cl)nc2)C1)COc1ccc(Cl)cc1.O=C(CCC1CCN(C(=O)COc2ccc(Cl)nc2)C1)COc1ccc(Cl)cc1.O=C(CCC1CCN(C(=O)COc2ccc(Cl)nc2)C1)COc1ccc(Cl)cc1. The van der Waals surface area contributed by atoms with Crippen molar-refractivity contribution in [1.82, 2.24) is 29.7 Å². The summed E-state index contributed by atoms with van der Waals surface area (Å²) in [4.78, 5) is 90.2. The Morgan fingerprint density at radius 2 is 0.586 bits per heavy atom. The normalized spacial score (nSPS) is 15.9. The Hall–Kier alpha value is -6.93. The summed E-state index contributed by atoms with van der Waals surface area (Å²) >= 11 is 34.6. The molecule has 3 aromatic heterocycles. The molecule has 9 rings (SSSR count). The van der Waals surface area contributed by atoms with Gasteiger partial charge in [-0.1, -0.05) is 69.6 Å². The van der Waals surface area contributed by atoms with Gasteiger partial charge < -0.3 is 43.1 Å². The van der Waals surface area contributed by atoms with Crippen LogP contribution in [0.5, 0.6) is 34.5 Å². The summed E-state index contributed by atoms with van der Waals surface area (Å²) in [6, 6.07) is 30.6. The van der Waals surface area contributed by atoms with Gasteiger partial charge in [0, 0.05) is 73.6 Å². The van der Waals surface area contributed by atoms with Crippen molar-refractivity contribution in [1.29, 1.82) is 0 Å².